The molecule has 0 saturated heterocycles. The molecule has 0 radical (unpaired) electrons. The molecule has 0 aliphatic carbocycles. The standard InChI is InChI=1S/C7H8BrNO2S/c1-11-7(10)6-5(2-3-8)9-4-12-6/h4H,2-3H2,1H3. The van der Waals surface area contributed by atoms with E-state index in [1.165, 1.54) is 18.4 Å². The molecule has 0 atom stereocenters. The first-order chi connectivity index (χ1) is 5.79. The van der Waals surface area contributed by atoms with Crippen molar-refractivity contribution in [2.45, 2.75) is 6.42 Å². The molecule has 5 heteroatoms. The largest absolute Gasteiger partial charge is 0.465 e. The molecule has 66 valence electrons. The van der Waals surface area contributed by atoms with Crippen LogP contribution in [0.4, 0.5) is 0 Å². The van der Waals surface area contributed by atoms with Gasteiger partial charge < -0.3 is 4.74 Å². The monoisotopic (exact) mass is 249 g/mol. The SMILES string of the molecule is COC(=O)c1scnc1CCBr. The summed E-state index contributed by atoms with van der Waals surface area (Å²) in [5.41, 5.74) is 2.47. The smallest absolute Gasteiger partial charge is 0.349 e. The van der Waals surface area contributed by atoms with Crippen molar-refractivity contribution in [3.63, 3.8) is 0 Å². The number of aryl methyl sites for hydroxylation is 1. The lowest BCUT2D eigenvalue weighted by molar-refractivity contribution is 0.0605. The molecule has 3 nitrogen and oxygen atoms in total. The van der Waals surface area contributed by atoms with Gasteiger partial charge in [-0.3, -0.25) is 0 Å². The van der Waals surface area contributed by atoms with E-state index in [1.54, 1.807) is 5.51 Å². The third-order valence-electron chi connectivity index (χ3n) is 1.34. The first-order valence-electron chi connectivity index (χ1n) is 3.36. The van der Waals surface area contributed by atoms with Crippen molar-refractivity contribution < 1.29 is 9.53 Å². The lowest BCUT2D eigenvalue weighted by Gasteiger charge is -1.96. The van der Waals surface area contributed by atoms with Crippen LogP contribution in [0.3, 0.4) is 0 Å². The fourth-order valence-electron chi connectivity index (χ4n) is 0.796. The minimum absolute atomic E-state index is 0.298. The van der Waals surface area contributed by atoms with Gasteiger partial charge in [-0.1, -0.05) is 15.9 Å². The van der Waals surface area contributed by atoms with Gasteiger partial charge >= 0.3 is 5.97 Å². The van der Waals surface area contributed by atoms with E-state index in [4.69, 9.17) is 0 Å². The van der Waals surface area contributed by atoms with E-state index < -0.39 is 0 Å². The topological polar surface area (TPSA) is 39.2 Å². The summed E-state index contributed by atoms with van der Waals surface area (Å²) in [5.74, 6) is -0.298. The Bertz CT molecular complexity index is 274. The molecule has 0 aliphatic rings. The normalized spacial score (nSPS) is 9.83. The minimum atomic E-state index is -0.298. The first-order valence-corrected chi connectivity index (χ1v) is 5.36. The summed E-state index contributed by atoms with van der Waals surface area (Å²) in [7, 11) is 1.37. The summed E-state index contributed by atoms with van der Waals surface area (Å²) in [6.07, 6.45) is 0.758. The lowest BCUT2D eigenvalue weighted by atomic mass is 10.3. The number of carbonyl (C=O) groups excluding carboxylic acids is 1. The van der Waals surface area contributed by atoms with Crippen molar-refractivity contribution in [2.75, 3.05) is 12.4 Å². The Morgan fingerprint density at radius 2 is 2.58 bits per heavy atom. The van der Waals surface area contributed by atoms with Crippen LogP contribution < -0.4 is 0 Å². The zero-order chi connectivity index (χ0) is 8.97. The average Bonchev–Trinajstić information content (AvgIpc) is 2.52. The maximum absolute atomic E-state index is 11.1. The second-order valence-corrected chi connectivity index (χ2v) is 3.71. The average molecular weight is 250 g/mol. The van der Waals surface area contributed by atoms with Crippen molar-refractivity contribution in [2.24, 2.45) is 0 Å². The summed E-state index contributed by atoms with van der Waals surface area (Å²) in [5, 5.41) is 0.806. The Balaban J connectivity index is 2.83. The van der Waals surface area contributed by atoms with Gasteiger partial charge in [-0.05, 0) is 0 Å². The highest BCUT2D eigenvalue weighted by Crippen LogP contribution is 2.15. The van der Waals surface area contributed by atoms with E-state index >= 15 is 0 Å². The van der Waals surface area contributed by atoms with Crippen molar-refractivity contribution in [1.29, 1.82) is 0 Å². The number of carbonyl (C=O) groups is 1. The molecule has 0 amide bonds. The quantitative estimate of drug-likeness (QED) is 0.607. The van der Waals surface area contributed by atoms with Crippen LogP contribution in [-0.2, 0) is 11.2 Å². The molecule has 1 aromatic rings. The summed E-state index contributed by atoms with van der Waals surface area (Å²) < 4.78 is 4.60. The predicted molar refractivity (Wildman–Crippen MR) is 51.0 cm³/mol. The van der Waals surface area contributed by atoms with E-state index in [-0.39, 0.29) is 5.97 Å². The molecule has 0 aromatic carbocycles. The number of thiazole rings is 1. The van der Waals surface area contributed by atoms with Crippen LogP contribution in [-0.4, -0.2) is 23.4 Å². The Labute approximate surface area is 82.9 Å². The van der Waals surface area contributed by atoms with Gasteiger partial charge in [-0.15, -0.1) is 11.3 Å². The first kappa shape index (κ1) is 9.67. The van der Waals surface area contributed by atoms with Gasteiger partial charge in [0.1, 0.15) is 4.88 Å². The van der Waals surface area contributed by atoms with E-state index in [0.717, 1.165) is 17.4 Å². The number of hydrogen-bond donors (Lipinski definition) is 0. The molecule has 1 heterocycles. The molecule has 0 N–H and O–H groups in total. The Morgan fingerprint density at radius 3 is 3.17 bits per heavy atom. The number of alkyl halides is 1. The fraction of sp³-hybridized carbons (Fsp3) is 0.429. The molecule has 0 fully saturated rings. The molecule has 0 aliphatic heterocycles. The van der Waals surface area contributed by atoms with Crippen LogP contribution in [0, 0.1) is 0 Å². The van der Waals surface area contributed by atoms with E-state index in [0.29, 0.717) is 4.88 Å². The third-order valence-corrected chi connectivity index (χ3v) is 2.59. The van der Waals surface area contributed by atoms with Crippen molar-refractivity contribution >= 4 is 33.2 Å². The highest BCUT2D eigenvalue weighted by molar-refractivity contribution is 9.09. The fourth-order valence-corrected chi connectivity index (χ4v) is 1.93. The van der Waals surface area contributed by atoms with Crippen molar-refractivity contribution in [1.82, 2.24) is 4.98 Å². The highest BCUT2D eigenvalue weighted by Gasteiger charge is 2.13. The van der Waals surface area contributed by atoms with E-state index in [9.17, 15) is 4.79 Å². The zero-order valence-corrected chi connectivity index (χ0v) is 8.94. The number of esters is 1. The zero-order valence-electron chi connectivity index (χ0n) is 6.54. The van der Waals surface area contributed by atoms with Gasteiger partial charge in [0.2, 0.25) is 0 Å². The van der Waals surface area contributed by atoms with Gasteiger partial charge in [0.25, 0.3) is 0 Å². The minimum Gasteiger partial charge on any atom is -0.465 e. The number of nitrogens with zero attached hydrogens (tertiary/aromatic N) is 1. The Morgan fingerprint density at radius 1 is 1.83 bits per heavy atom. The lowest BCUT2D eigenvalue weighted by Crippen LogP contribution is -2.03. The van der Waals surface area contributed by atoms with Crippen LogP contribution in [0.5, 0.6) is 0 Å². The Hall–Kier alpha value is -0.420. The molecule has 0 bridgehead atoms. The molecular weight excluding hydrogens is 242 g/mol. The molecule has 1 rings (SSSR count). The number of halogens is 1. The number of aromatic nitrogens is 1. The molecule has 12 heavy (non-hydrogen) atoms. The van der Waals surface area contributed by atoms with Crippen molar-refractivity contribution in [3.05, 3.63) is 16.1 Å². The predicted octanol–water partition coefficient (Wildman–Crippen LogP) is 1.87. The van der Waals surface area contributed by atoms with Gasteiger partial charge in [-0.2, -0.15) is 0 Å². The molecule has 0 unspecified atom stereocenters. The second kappa shape index (κ2) is 4.57. The van der Waals surface area contributed by atoms with Crippen molar-refractivity contribution in [3.8, 4) is 0 Å². The Kier molecular flexibility index (Phi) is 3.68. The molecular formula is C7H8BrNO2S. The van der Waals surface area contributed by atoms with E-state index in [2.05, 4.69) is 25.7 Å². The van der Waals surface area contributed by atoms with Gasteiger partial charge in [0, 0.05) is 11.8 Å². The van der Waals surface area contributed by atoms with Gasteiger partial charge in [0.15, 0.2) is 0 Å². The maximum Gasteiger partial charge on any atom is 0.349 e. The van der Waals surface area contributed by atoms with Gasteiger partial charge in [0.05, 0.1) is 18.3 Å². The third kappa shape index (κ3) is 2.04. The van der Waals surface area contributed by atoms with Crippen LogP contribution in [0.2, 0.25) is 0 Å². The van der Waals surface area contributed by atoms with Crippen LogP contribution in [0.15, 0.2) is 5.51 Å². The molecule has 0 saturated carbocycles. The van der Waals surface area contributed by atoms with Crippen LogP contribution in [0.25, 0.3) is 0 Å². The van der Waals surface area contributed by atoms with E-state index in [1.807, 2.05) is 0 Å². The second-order valence-electron chi connectivity index (χ2n) is 2.06. The van der Waals surface area contributed by atoms with Gasteiger partial charge in [-0.25, -0.2) is 9.78 Å². The number of ether oxygens (including phenoxy) is 1. The van der Waals surface area contributed by atoms with Crippen LogP contribution >= 0.6 is 27.3 Å². The highest BCUT2D eigenvalue weighted by atomic mass is 79.9. The number of rotatable bonds is 3. The molecule has 1 aromatic heterocycles. The molecule has 0 spiro atoms. The summed E-state index contributed by atoms with van der Waals surface area (Å²) in [4.78, 5) is 15.8. The number of methoxy groups -OCH3 is 1. The van der Waals surface area contributed by atoms with Crippen LogP contribution in [0.1, 0.15) is 15.4 Å². The summed E-state index contributed by atoms with van der Waals surface area (Å²) in [6, 6.07) is 0. The summed E-state index contributed by atoms with van der Waals surface area (Å²) in [6.45, 7) is 0. The summed E-state index contributed by atoms with van der Waals surface area (Å²) >= 11 is 4.60. The maximum atomic E-state index is 11.1. The number of hydrogen-bond acceptors (Lipinski definition) is 4.